The Labute approximate surface area is 134 Å². The number of nitrogens with one attached hydrogen (secondary N) is 1. The number of rotatable bonds is 6. The van der Waals surface area contributed by atoms with Crippen molar-refractivity contribution < 1.29 is 4.79 Å². The number of hydrogen-bond donors (Lipinski definition) is 1. The van der Waals surface area contributed by atoms with Crippen molar-refractivity contribution in [2.24, 2.45) is 0 Å². The van der Waals surface area contributed by atoms with Crippen LogP contribution < -0.4 is 5.32 Å². The lowest BCUT2D eigenvalue weighted by molar-refractivity contribution is -0.116. The SMILES string of the molecule is CN(CCC(=O)Nc1ccccc1)Cc1ccc(Br)cc1. The van der Waals surface area contributed by atoms with Gasteiger partial charge in [0.15, 0.2) is 0 Å². The first-order valence-electron chi connectivity index (χ1n) is 6.91. The van der Waals surface area contributed by atoms with E-state index in [9.17, 15) is 4.79 Å². The maximum atomic E-state index is 11.9. The van der Waals surface area contributed by atoms with Crippen molar-refractivity contribution in [1.82, 2.24) is 4.90 Å². The first kappa shape index (κ1) is 15.7. The van der Waals surface area contributed by atoms with Crippen molar-refractivity contribution in [2.75, 3.05) is 18.9 Å². The van der Waals surface area contributed by atoms with E-state index in [0.717, 1.165) is 23.2 Å². The molecule has 0 fully saturated rings. The van der Waals surface area contributed by atoms with Crippen LogP contribution >= 0.6 is 15.9 Å². The number of carbonyl (C=O) groups is 1. The van der Waals surface area contributed by atoms with E-state index in [1.54, 1.807) is 0 Å². The highest BCUT2D eigenvalue weighted by atomic mass is 79.9. The summed E-state index contributed by atoms with van der Waals surface area (Å²) in [6, 6.07) is 17.8. The fourth-order valence-corrected chi connectivity index (χ4v) is 2.28. The van der Waals surface area contributed by atoms with Gasteiger partial charge in [-0.25, -0.2) is 0 Å². The molecule has 1 N–H and O–H groups in total. The molecule has 0 spiro atoms. The summed E-state index contributed by atoms with van der Waals surface area (Å²) in [7, 11) is 2.03. The second-order valence-corrected chi connectivity index (χ2v) is 5.94. The fourth-order valence-electron chi connectivity index (χ4n) is 2.02. The van der Waals surface area contributed by atoms with E-state index < -0.39 is 0 Å². The first-order valence-corrected chi connectivity index (χ1v) is 7.70. The van der Waals surface area contributed by atoms with Crippen LogP contribution in [0.15, 0.2) is 59.1 Å². The lowest BCUT2D eigenvalue weighted by atomic mass is 10.2. The predicted molar refractivity (Wildman–Crippen MR) is 90.2 cm³/mol. The Bertz CT molecular complexity index is 569. The van der Waals surface area contributed by atoms with Crippen molar-refractivity contribution in [2.45, 2.75) is 13.0 Å². The summed E-state index contributed by atoms with van der Waals surface area (Å²) >= 11 is 3.43. The van der Waals surface area contributed by atoms with E-state index in [4.69, 9.17) is 0 Å². The van der Waals surface area contributed by atoms with Crippen molar-refractivity contribution in [3.05, 3.63) is 64.6 Å². The van der Waals surface area contributed by atoms with Crippen LogP contribution in [-0.4, -0.2) is 24.4 Å². The second kappa shape index (κ2) is 7.96. The third-order valence-electron chi connectivity index (χ3n) is 3.14. The van der Waals surface area contributed by atoms with E-state index in [1.807, 2.05) is 49.5 Å². The standard InChI is InChI=1S/C17H19BrN2O/c1-20(13-14-7-9-15(18)10-8-14)12-11-17(21)19-16-5-3-2-4-6-16/h2-10H,11-13H2,1H3,(H,19,21). The molecule has 0 bridgehead atoms. The van der Waals surface area contributed by atoms with E-state index in [2.05, 4.69) is 38.3 Å². The summed E-state index contributed by atoms with van der Waals surface area (Å²) in [6.45, 7) is 1.57. The van der Waals surface area contributed by atoms with Gasteiger partial charge in [0.1, 0.15) is 0 Å². The zero-order valence-electron chi connectivity index (χ0n) is 12.1. The Hall–Kier alpha value is -1.65. The van der Waals surface area contributed by atoms with E-state index in [1.165, 1.54) is 5.56 Å². The number of halogens is 1. The van der Waals surface area contributed by atoms with Gasteiger partial charge in [-0.2, -0.15) is 0 Å². The molecule has 0 aliphatic carbocycles. The topological polar surface area (TPSA) is 32.3 Å². The minimum atomic E-state index is 0.0452. The number of para-hydroxylation sites is 1. The zero-order chi connectivity index (χ0) is 15.1. The minimum Gasteiger partial charge on any atom is -0.326 e. The Morgan fingerprint density at radius 2 is 1.76 bits per heavy atom. The van der Waals surface area contributed by atoms with Crippen LogP contribution in [0.3, 0.4) is 0 Å². The Morgan fingerprint density at radius 1 is 1.10 bits per heavy atom. The summed E-state index contributed by atoms with van der Waals surface area (Å²) in [5, 5.41) is 2.90. The Kier molecular flexibility index (Phi) is 5.96. The van der Waals surface area contributed by atoms with Gasteiger partial charge in [-0.1, -0.05) is 46.3 Å². The molecule has 0 aromatic heterocycles. The molecule has 21 heavy (non-hydrogen) atoms. The van der Waals surface area contributed by atoms with Crippen LogP contribution in [0.2, 0.25) is 0 Å². The largest absolute Gasteiger partial charge is 0.326 e. The van der Waals surface area contributed by atoms with Crippen LogP contribution in [0.5, 0.6) is 0 Å². The van der Waals surface area contributed by atoms with Crippen LogP contribution in [0.1, 0.15) is 12.0 Å². The summed E-state index contributed by atoms with van der Waals surface area (Å²) in [4.78, 5) is 14.0. The molecule has 3 nitrogen and oxygen atoms in total. The third-order valence-corrected chi connectivity index (χ3v) is 3.67. The molecule has 0 radical (unpaired) electrons. The zero-order valence-corrected chi connectivity index (χ0v) is 13.6. The smallest absolute Gasteiger partial charge is 0.225 e. The molecule has 0 heterocycles. The number of carbonyl (C=O) groups excluding carboxylic acids is 1. The summed E-state index contributed by atoms with van der Waals surface area (Å²) in [5.41, 5.74) is 2.09. The van der Waals surface area contributed by atoms with Crippen molar-refractivity contribution in [3.8, 4) is 0 Å². The van der Waals surface area contributed by atoms with E-state index in [-0.39, 0.29) is 5.91 Å². The number of benzene rings is 2. The maximum absolute atomic E-state index is 11.9. The molecule has 4 heteroatoms. The van der Waals surface area contributed by atoms with E-state index >= 15 is 0 Å². The van der Waals surface area contributed by atoms with Crippen LogP contribution in [-0.2, 0) is 11.3 Å². The average molecular weight is 347 g/mol. The van der Waals surface area contributed by atoms with Gasteiger partial charge in [-0.3, -0.25) is 4.79 Å². The van der Waals surface area contributed by atoms with Crippen LogP contribution in [0, 0.1) is 0 Å². The quantitative estimate of drug-likeness (QED) is 0.859. The molecule has 2 rings (SSSR count). The van der Waals surface area contributed by atoms with Crippen LogP contribution in [0.4, 0.5) is 5.69 Å². The lowest BCUT2D eigenvalue weighted by Gasteiger charge is -2.16. The van der Waals surface area contributed by atoms with Gasteiger partial charge in [0, 0.05) is 29.7 Å². The fraction of sp³-hybridized carbons (Fsp3) is 0.235. The molecule has 0 aliphatic heterocycles. The van der Waals surface area contributed by atoms with Crippen LogP contribution in [0.25, 0.3) is 0 Å². The first-order chi connectivity index (χ1) is 10.1. The van der Waals surface area contributed by atoms with Crippen molar-refractivity contribution >= 4 is 27.5 Å². The molecule has 0 saturated carbocycles. The van der Waals surface area contributed by atoms with Gasteiger partial charge >= 0.3 is 0 Å². The number of amides is 1. The molecule has 0 aliphatic rings. The van der Waals surface area contributed by atoms with Gasteiger partial charge in [-0.15, -0.1) is 0 Å². The number of hydrogen-bond acceptors (Lipinski definition) is 2. The second-order valence-electron chi connectivity index (χ2n) is 5.03. The monoisotopic (exact) mass is 346 g/mol. The summed E-state index contributed by atoms with van der Waals surface area (Å²) in [6.07, 6.45) is 0.488. The molecule has 2 aromatic rings. The molecular formula is C17H19BrN2O. The summed E-state index contributed by atoms with van der Waals surface area (Å²) in [5.74, 6) is 0.0452. The lowest BCUT2D eigenvalue weighted by Crippen LogP contribution is -2.24. The molecular weight excluding hydrogens is 328 g/mol. The average Bonchev–Trinajstić information content (AvgIpc) is 2.49. The predicted octanol–water partition coefficient (Wildman–Crippen LogP) is 3.91. The van der Waals surface area contributed by atoms with E-state index in [0.29, 0.717) is 6.42 Å². The van der Waals surface area contributed by atoms with Gasteiger partial charge in [-0.05, 0) is 36.9 Å². The Morgan fingerprint density at radius 3 is 2.43 bits per heavy atom. The van der Waals surface area contributed by atoms with Gasteiger partial charge in [0.2, 0.25) is 5.91 Å². The number of nitrogens with zero attached hydrogens (tertiary/aromatic N) is 1. The number of anilines is 1. The minimum absolute atomic E-state index is 0.0452. The molecule has 1 amide bonds. The molecule has 2 aromatic carbocycles. The van der Waals surface area contributed by atoms with Crippen molar-refractivity contribution in [1.29, 1.82) is 0 Å². The Balaban J connectivity index is 1.74. The normalized spacial score (nSPS) is 10.6. The molecule has 0 atom stereocenters. The highest BCUT2D eigenvalue weighted by Crippen LogP contribution is 2.12. The molecule has 110 valence electrons. The maximum Gasteiger partial charge on any atom is 0.225 e. The summed E-state index contributed by atoms with van der Waals surface area (Å²) < 4.78 is 1.08. The molecule has 0 unspecified atom stereocenters. The molecule has 0 saturated heterocycles. The van der Waals surface area contributed by atoms with Gasteiger partial charge in [0.25, 0.3) is 0 Å². The van der Waals surface area contributed by atoms with Gasteiger partial charge < -0.3 is 10.2 Å². The highest BCUT2D eigenvalue weighted by molar-refractivity contribution is 9.10. The third kappa shape index (κ3) is 5.69. The highest BCUT2D eigenvalue weighted by Gasteiger charge is 2.05. The van der Waals surface area contributed by atoms with Gasteiger partial charge in [0.05, 0.1) is 0 Å². The van der Waals surface area contributed by atoms with Crippen molar-refractivity contribution in [3.63, 3.8) is 0 Å².